The van der Waals surface area contributed by atoms with Gasteiger partial charge in [-0.25, -0.2) is 4.39 Å². The van der Waals surface area contributed by atoms with E-state index in [9.17, 15) is 4.39 Å². The standard InChI is InChI=1S/C14H9BrClFN2/c15-11-2-1-9(13(16)6-11)8-19-12-3-4-14(17)10(5-12)7-18/h1-6,19H,8H2. The van der Waals surface area contributed by atoms with Crippen LogP contribution < -0.4 is 5.32 Å². The van der Waals surface area contributed by atoms with Crippen LogP contribution in [0.2, 0.25) is 5.02 Å². The van der Waals surface area contributed by atoms with Gasteiger partial charge < -0.3 is 5.32 Å². The summed E-state index contributed by atoms with van der Waals surface area (Å²) in [5.74, 6) is -0.519. The average Bonchev–Trinajstić information content (AvgIpc) is 2.39. The zero-order valence-electron chi connectivity index (χ0n) is 9.75. The molecular formula is C14H9BrClFN2. The molecule has 2 rings (SSSR count). The van der Waals surface area contributed by atoms with E-state index in [0.29, 0.717) is 17.3 Å². The molecule has 0 saturated heterocycles. The number of nitrogens with one attached hydrogen (secondary N) is 1. The monoisotopic (exact) mass is 338 g/mol. The lowest BCUT2D eigenvalue weighted by Crippen LogP contribution is -2.00. The van der Waals surface area contributed by atoms with Crippen molar-refractivity contribution >= 4 is 33.2 Å². The zero-order chi connectivity index (χ0) is 13.8. The molecule has 2 aromatic rings. The molecule has 0 unspecified atom stereocenters. The summed E-state index contributed by atoms with van der Waals surface area (Å²) < 4.78 is 14.1. The van der Waals surface area contributed by atoms with Gasteiger partial charge >= 0.3 is 0 Å². The molecule has 0 radical (unpaired) electrons. The van der Waals surface area contributed by atoms with Crippen molar-refractivity contribution in [1.29, 1.82) is 5.26 Å². The van der Waals surface area contributed by atoms with Crippen LogP contribution in [0.4, 0.5) is 10.1 Å². The van der Waals surface area contributed by atoms with Crippen molar-refractivity contribution in [3.63, 3.8) is 0 Å². The van der Waals surface area contributed by atoms with Crippen LogP contribution in [0.25, 0.3) is 0 Å². The van der Waals surface area contributed by atoms with Gasteiger partial charge in [-0.1, -0.05) is 33.6 Å². The molecule has 0 aromatic heterocycles. The molecule has 0 heterocycles. The number of hydrogen-bond donors (Lipinski definition) is 1. The lowest BCUT2D eigenvalue weighted by Gasteiger charge is -2.09. The maximum Gasteiger partial charge on any atom is 0.141 e. The molecule has 0 saturated carbocycles. The van der Waals surface area contributed by atoms with Crippen molar-refractivity contribution in [3.8, 4) is 6.07 Å². The Balaban J connectivity index is 2.13. The van der Waals surface area contributed by atoms with Gasteiger partial charge in [0.05, 0.1) is 5.56 Å². The molecule has 1 N–H and O–H groups in total. The van der Waals surface area contributed by atoms with Crippen LogP contribution in [-0.2, 0) is 6.54 Å². The van der Waals surface area contributed by atoms with Gasteiger partial charge in [-0.3, -0.25) is 0 Å². The number of nitrogens with zero attached hydrogens (tertiary/aromatic N) is 1. The Morgan fingerprint density at radius 1 is 1.26 bits per heavy atom. The van der Waals surface area contributed by atoms with Gasteiger partial charge in [0.2, 0.25) is 0 Å². The van der Waals surface area contributed by atoms with Crippen LogP contribution in [0.15, 0.2) is 40.9 Å². The number of hydrogen-bond acceptors (Lipinski definition) is 2. The van der Waals surface area contributed by atoms with E-state index in [1.54, 1.807) is 12.1 Å². The second-order valence-corrected chi connectivity index (χ2v) is 5.22. The number of benzene rings is 2. The lowest BCUT2D eigenvalue weighted by atomic mass is 10.2. The Hall–Kier alpha value is -1.57. The molecule has 0 aliphatic rings. The Kier molecular flexibility index (Phi) is 4.41. The summed E-state index contributed by atoms with van der Waals surface area (Å²) in [7, 11) is 0. The van der Waals surface area contributed by atoms with Gasteiger partial charge in [-0.05, 0) is 35.9 Å². The molecule has 0 aliphatic carbocycles. The van der Waals surface area contributed by atoms with E-state index in [0.717, 1.165) is 10.0 Å². The topological polar surface area (TPSA) is 35.8 Å². The highest BCUT2D eigenvalue weighted by atomic mass is 79.9. The van der Waals surface area contributed by atoms with E-state index in [2.05, 4.69) is 21.2 Å². The van der Waals surface area contributed by atoms with Crippen molar-refractivity contribution in [2.24, 2.45) is 0 Å². The quantitative estimate of drug-likeness (QED) is 0.878. The molecule has 5 heteroatoms. The van der Waals surface area contributed by atoms with E-state index >= 15 is 0 Å². The van der Waals surface area contributed by atoms with Crippen molar-refractivity contribution in [1.82, 2.24) is 0 Å². The van der Waals surface area contributed by atoms with Crippen LogP contribution >= 0.6 is 27.5 Å². The Morgan fingerprint density at radius 3 is 2.74 bits per heavy atom. The number of rotatable bonds is 3. The van der Waals surface area contributed by atoms with Crippen LogP contribution in [0, 0.1) is 17.1 Å². The summed E-state index contributed by atoms with van der Waals surface area (Å²) in [4.78, 5) is 0. The molecule has 0 atom stereocenters. The number of nitriles is 1. The normalized spacial score (nSPS) is 10.0. The maximum absolute atomic E-state index is 13.2. The van der Waals surface area contributed by atoms with Crippen molar-refractivity contribution < 1.29 is 4.39 Å². The van der Waals surface area contributed by atoms with Crippen molar-refractivity contribution in [3.05, 3.63) is 62.8 Å². The molecule has 96 valence electrons. The highest BCUT2D eigenvalue weighted by Gasteiger charge is 2.04. The number of anilines is 1. The second kappa shape index (κ2) is 6.05. The molecule has 0 spiro atoms. The smallest absolute Gasteiger partial charge is 0.141 e. The fourth-order valence-corrected chi connectivity index (χ4v) is 2.32. The lowest BCUT2D eigenvalue weighted by molar-refractivity contribution is 0.624. The van der Waals surface area contributed by atoms with E-state index < -0.39 is 5.82 Å². The molecular weight excluding hydrogens is 331 g/mol. The van der Waals surface area contributed by atoms with E-state index in [-0.39, 0.29) is 5.56 Å². The summed E-state index contributed by atoms with van der Waals surface area (Å²) in [6.07, 6.45) is 0. The Labute approximate surface area is 123 Å². The average molecular weight is 340 g/mol. The summed E-state index contributed by atoms with van der Waals surface area (Å²) in [6, 6.07) is 11.7. The van der Waals surface area contributed by atoms with Crippen molar-refractivity contribution in [2.45, 2.75) is 6.54 Å². The summed E-state index contributed by atoms with van der Waals surface area (Å²) >= 11 is 9.43. The van der Waals surface area contributed by atoms with Gasteiger partial charge in [-0.2, -0.15) is 5.26 Å². The zero-order valence-corrected chi connectivity index (χ0v) is 12.1. The third-order valence-corrected chi connectivity index (χ3v) is 3.43. The maximum atomic E-state index is 13.2. The first-order valence-corrected chi connectivity index (χ1v) is 6.64. The minimum absolute atomic E-state index is 0.0203. The van der Waals surface area contributed by atoms with Crippen LogP contribution in [0.5, 0.6) is 0 Å². The predicted octanol–water partition coefficient (Wildman–Crippen LogP) is 4.73. The first-order chi connectivity index (χ1) is 9.10. The molecule has 0 aliphatic heterocycles. The summed E-state index contributed by atoms with van der Waals surface area (Å²) in [5, 5.41) is 12.5. The fraction of sp³-hybridized carbons (Fsp3) is 0.0714. The van der Waals surface area contributed by atoms with Crippen LogP contribution in [-0.4, -0.2) is 0 Å². The summed E-state index contributed by atoms with van der Waals surface area (Å²) in [5.41, 5.74) is 1.62. The van der Waals surface area contributed by atoms with Gasteiger partial charge in [0.1, 0.15) is 11.9 Å². The minimum atomic E-state index is -0.519. The number of halogens is 3. The van der Waals surface area contributed by atoms with Crippen LogP contribution in [0.3, 0.4) is 0 Å². The third kappa shape index (κ3) is 3.46. The van der Waals surface area contributed by atoms with Gasteiger partial charge in [-0.15, -0.1) is 0 Å². The highest BCUT2D eigenvalue weighted by molar-refractivity contribution is 9.10. The van der Waals surface area contributed by atoms with Crippen molar-refractivity contribution in [2.75, 3.05) is 5.32 Å². The van der Waals surface area contributed by atoms with Gasteiger partial charge in [0.25, 0.3) is 0 Å². The molecule has 0 amide bonds. The van der Waals surface area contributed by atoms with E-state index in [1.807, 2.05) is 18.2 Å². The fourth-order valence-electron chi connectivity index (χ4n) is 1.58. The van der Waals surface area contributed by atoms with Crippen LogP contribution in [0.1, 0.15) is 11.1 Å². The third-order valence-electron chi connectivity index (χ3n) is 2.58. The minimum Gasteiger partial charge on any atom is -0.381 e. The highest BCUT2D eigenvalue weighted by Crippen LogP contribution is 2.22. The SMILES string of the molecule is N#Cc1cc(NCc2ccc(Br)cc2Cl)ccc1F. The summed E-state index contributed by atoms with van der Waals surface area (Å²) in [6.45, 7) is 0.503. The molecule has 19 heavy (non-hydrogen) atoms. The molecule has 2 aromatic carbocycles. The molecule has 0 fully saturated rings. The first-order valence-electron chi connectivity index (χ1n) is 5.47. The van der Waals surface area contributed by atoms with E-state index in [4.69, 9.17) is 16.9 Å². The Bertz CT molecular complexity index is 652. The largest absolute Gasteiger partial charge is 0.381 e. The molecule has 2 nitrogen and oxygen atoms in total. The van der Waals surface area contributed by atoms with Gasteiger partial charge in [0, 0.05) is 21.7 Å². The van der Waals surface area contributed by atoms with E-state index in [1.165, 1.54) is 12.1 Å². The Morgan fingerprint density at radius 2 is 2.05 bits per heavy atom. The van der Waals surface area contributed by atoms with Gasteiger partial charge in [0.15, 0.2) is 0 Å². The molecule has 0 bridgehead atoms. The second-order valence-electron chi connectivity index (χ2n) is 3.90. The predicted molar refractivity (Wildman–Crippen MR) is 77.6 cm³/mol. The first kappa shape index (κ1) is 13.9.